The van der Waals surface area contributed by atoms with E-state index in [-0.39, 0.29) is 18.5 Å². The molecule has 7 heteroatoms. The van der Waals surface area contributed by atoms with Crippen LogP contribution in [0.5, 0.6) is 0 Å². The van der Waals surface area contributed by atoms with Crippen LogP contribution in [0.15, 0.2) is 170 Å². The molecule has 7 aromatic rings. The number of nitrogens with one attached hydrogen (secondary N) is 1. The Bertz CT molecular complexity index is 2110. The van der Waals surface area contributed by atoms with Gasteiger partial charge in [0.05, 0.1) is 0 Å². The van der Waals surface area contributed by atoms with Crippen molar-refractivity contribution in [3.63, 3.8) is 0 Å². The summed E-state index contributed by atoms with van der Waals surface area (Å²) in [5, 5.41) is 18.1. The van der Waals surface area contributed by atoms with Gasteiger partial charge in [-0.05, 0) is 50.1 Å². The fourth-order valence-electron chi connectivity index (χ4n) is 6.88. The molecular weight excluding hydrogens is 655 g/mol. The molecule has 53 heavy (non-hydrogen) atoms. The van der Waals surface area contributed by atoms with E-state index in [1.54, 1.807) is 4.80 Å². The first-order valence-corrected chi connectivity index (χ1v) is 18.2. The van der Waals surface area contributed by atoms with Crippen molar-refractivity contribution in [3.8, 4) is 22.5 Å². The third kappa shape index (κ3) is 7.57. The number of nitrogens with zero attached hydrogens (tertiary/aromatic N) is 4. The highest BCUT2D eigenvalue weighted by Crippen LogP contribution is 2.40. The van der Waals surface area contributed by atoms with Gasteiger partial charge in [0.2, 0.25) is 5.82 Å². The number of tetrazole rings is 1. The molecule has 1 aromatic heterocycles. The van der Waals surface area contributed by atoms with E-state index in [4.69, 9.17) is 20.1 Å². The Morgan fingerprint density at radius 1 is 0.660 bits per heavy atom. The van der Waals surface area contributed by atoms with E-state index in [2.05, 4.69) is 85.9 Å². The number of rotatable bonds is 14. The average Bonchev–Trinajstić information content (AvgIpc) is 3.72. The second-order valence-corrected chi connectivity index (χ2v) is 13.3. The molecule has 1 N–H and O–H groups in total. The van der Waals surface area contributed by atoms with Crippen molar-refractivity contribution < 1.29 is 9.53 Å². The zero-order valence-electron chi connectivity index (χ0n) is 30.0. The van der Waals surface area contributed by atoms with Crippen LogP contribution in [0.3, 0.4) is 0 Å². The van der Waals surface area contributed by atoms with Gasteiger partial charge in [0.1, 0.15) is 12.6 Å². The van der Waals surface area contributed by atoms with Crippen LogP contribution in [0.2, 0.25) is 0 Å². The van der Waals surface area contributed by atoms with Gasteiger partial charge >= 0.3 is 5.97 Å². The summed E-state index contributed by atoms with van der Waals surface area (Å²) in [7, 11) is 0. The number of aromatic nitrogens is 4. The van der Waals surface area contributed by atoms with Crippen molar-refractivity contribution in [2.24, 2.45) is 5.92 Å². The lowest BCUT2D eigenvalue weighted by atomic mass is 9.77. The summed E-state index contributed by atoms with van der Waals surface area (Å²) < 4.78 is 5.71. The molecular formula is C46H43N5O2. The van der Waals surface area contributed by atoms with E-state index in [1.807, 2.05) is 103 Å². The van der Waals surface area contributed by atoms with Crippen LogP contribution >= 0.6 is 0 Å². The highest BCUT2D eigenvalue weighted by molar-refractivity contribution is 5.80. The Labute approximate surface area is 311 Å². The summed E-state index contributed by atoms with van der Waals surface area (Å²) in [4.78, 5) is 14.9. The van der Waals surface area contributed by atoms with Gasteiger partial charge in [-0.2, -0.15) is 0 Å². The predicted molar refractivity (Wildman–Crippen MR) is 210 cm³/mol. The van der Waals surface area contributed by atoms with Crippen molar-refractivity contribution >= 4 is 5.97 Å². The minimum atomic E-state index is -0.861. The third-order valence-electron chi connectivity index (χ3n) is 9.94. The minimum Gasteiger partial charge on any atom is -0.460 e. The van der Waals surface area contributed by atoms with E-state index in [0.717, 1.165) is 50.9 Å². The summed E-state index contributed by atoms with van der Waals surface area (Å²) in [5.41, 5.74) is 7.17. The fraction of sp³-hybridized carbons (Fsp3) is 0.174. The van der Waals surface area contributed by atoms with E-state index >= 15 is 0 Å². The first-order chi connectivity index (χ1) is 26.1. The maximum absolute atomic E-state index is 13.2. The Balaban J connectivity index is 1.16. The van der Waals surface area contributed by atoms with E-state index < -0.39 is 11.6 Å². The van der Waals surface area contributed by atoms with Crippen LogP contribution in [0.4, 0.5) is 0 Å². The highest BCUT2D eigenvalue weighted by atomic mass is 16.5. The normalized spacial score (nSPS) is 12.6. The van der Waals surface area contributed by atoms with Crippen LogP contribution in [0, 0.1) is 5.92 Å². The number of ether oxygens (including phenoxy) is 1. The van der Waals surface area contributed by atoms with Crippen LogP contribution in [-0.4, -0.2) is 32.2 Å². The van der Waals surface area contributed by atoms with Crippen LogP contribution in [0.25, 0.3) is 22.5 Å². The summed E-state index contributed by atoms with van der Waals surface area (Å²) in [6.45, 7) is 4.97. The lowest BCUT2D eigenvalue weighted by molar-refractivity contribution is -0.149. The number of hydrogen-bond acceptors (Lipinski definition) is 6. The van der Waals surface area contributed by atoms with Gasteiger partial charge in [0.25, 0.3) is 0 Å². The topological polar surface area (TPSA) is 81.9 Å². The SMILES string of the molecule is CC[C@H](C)[C@H](NCc1ccc(-c2ccccc2-c2nnn(C(c3ccccc3)(c3ccccc3)c3ccccc3)n2)cc1)C(=O)OCc1ccccc1. The van der Waals surface area contributed by atoms with Gasteiger partial charge in [-0.25, -0.2) is 0 Å². The van der Waals surface area contributed by atoms with E-state index in [0.29, 0.717) is 12.4 Å². The molecule has 0 amide bonds. The molecule has 0 radical (unpaired) electrons. The van der Waals surface area contributed by atoms with E-state index in [1.165, 1.54) is 0 Å². The van der Waals surface area contributed by atoms with Crippen LogP contribution < -0.4 is 5.32 Å². The summed E-state index contributed by atoms with van der Waals surface area (Å²) in [5.74, 6) is 0.420. The first kappa shape index (κ1) is 35.2. The smallest absolute Gasteiger partial charge is 0.323 e. The largest absolute Gasteiger partial charge is 0.460 e. The number of carbonyl (C=O) groups excluding carboxylic acids is 1. The van der Waals surface area contributed by atoms with Gasteiger partial charge in [0.15, 0.2) is 5.54 Å². The van der Waals surface area contributed by atoms with Crippen LogP contribution in [-0.2, 0) is 28.2 Å². The van der Waals surface area contributed by atoms with Gasteiger partial charge in [-0.3, -0.25) is 4.79 Å². The van der Waals surface area contributed by atoms with Crippen LogP contribution in [0.1, 0.15) is 48.1 Å². The highest BCUT2D eigenvalue weighted by Gasteiger charge is 2.41. The van der Waals surface area contributed by atoms with Crippen molar-refractivity contribution in [2.45, 2.75) is 45.0 Å². The van der Waals surface area contributed by atoms with Gasteiger partial charge in [-0.15, -0.1) is 15.0 Å². The van der Waals surface area contributed by atoms with E-state index in [9.17, 15) is 4.79 Å². The number of carbonyl (C=O) groups is 1. The Hall–Kier alpha value is -6.18. The zero-order chi connectivity index (χ0) is 36.5. The molecule has 0 saturated carbocycles. The molecule has 7 rings (SSSR count). The second-order valence-electron chi connectivity index (χ2n) is 13.3. The van der Waals surface area contributed by atoms with Crippen molar-refractivity contribution in [1.29, 1.82) is 0 Å². The summed E-state index contributed by atoms with van der Waals surface area (Å²) in [6, 6.07) is 57.0. The van der Waals surface area contributed by atoms with Gasteiger partial charge < -0.3 is 10.1 Å². The maximum atomic E-state index is 13.2. The molecule has 0 fully saturated rings. The lowest BCUT2D eigenvalue weighted by Gasteiger charge is -2.34. The zero-order valence-corrected chi connectivity index (χ0v) is 30.0. The molecule has 0 unspecified atom stereocenters. The monoisotopic (exact) mass is 697 g/mol. The fourth-order valence-corrected chi connectivity index (χ4v) is 6.88. The predicted octanol–water partition coefficient (Wildman–Crippen LogP) is 9.10. The van der Waals surface area contributed by atoms with Crippen molar-refractivity contribution in [1.82, 2.24) is 25.5 Å². The molecule has 0 saturated heterocycles. The minimum absolute atomic E-state index is 0.120. The summed E-state index contributed by atoms with van der Waals surface area (Å²) >= 11 is 0. The summed E-state index contributed by atoms with van der Waals surface area (Å²) in [6.07, 6.45) is 0.857. The molecule has 1 heterocycles. The van der Waals surface area contributed by atoms with Crippen molar-refractivity contribution in [2.75, 3.05) is 0 Å². The number of hydrogen-bond donors (Lipinski definition) is 1. The molecule has 0 spiro atoms. The molecule has 264 valence electrons. The Morgan fingerprint density at radius 3 is 1.72 bits per heavy atom. The quantitative estimate of drug-likeness (QED) is 0.0902. The second kappa shape index (κ2) is 16.4. The van der Waals surface area contributed by atoms with Crippen molar-refractivity contribution in [3.05, 3.63) is 198 Å². The van der Waals surface area contributed by atoms with Gasteiger partial charge in [0, 0.05) is 12.1 Å². The molecule has 6 aromatic carbocycles. The molecule has 0 bridgehead atoms. The maximum Gasteiger partial charge on any atom is 0.323 e. The molecule has 0 aliphatic carbocycles. The third-order valence-corrected chi connectivity index (χ3v) is 9.94. The lowest BCUT2D eigenvalue weighted by Crippen LogP contribution is -2.42. The Morgan fingerprint density at radius 2 is 1.17 bits per heavy atom. The molecule has 0 aliphatic rings. The molecule has 0 aliphatic heterocycles. The Kier molecular flexibility index (Phi) is 10.9. The number of esters is 1. The number of benzene rings is 6. The van der Waals surface area contributed by atoms with Gasteiger partial charge in [-0.1, -0.05) is 190 Å². The standard InChI is InChI=1S/C46H43N5O2/c1-3-34(2)43(45(52)53-33-36-18-8-4-9-19-36)47-32-35-28-30-37(31-29-35)41-26-16-17-27-42(41)44-48-50-51(49-44)46(38-20-10-5-11-21-38,39-22-12-6-13-23-39)40-24-14-7-15-25-40/h4-31,34,43,47H,3,32-33H2,1-2H3/t34-,43-/m0/s1. The molecule has 2 atom stereocenters. The average molecular weight is 698 g/mol. The molecule has 7 nitrogen and oxygen atoms in total. The first-order valence-electron chi connectivity index (χ1n) is 18.2.